The molecule has 1 N–H and O–H groups in total. The first kappa shape index (κ1) is 10.3. The average molecular weight is 181 g/mol. The molecule has 0 aliphatic carbocycles. The van der Waals surface area contributed by atoms with Gasteiger partial charge in [-0.2, -0.15) is 5.10 Å². The van der Waals surface area contributed by atoms with E-state index in [-0.39, 0.29) is 0 Å². The van der Waals surface area contributed by atoms with Gasteiger partial charge in [0.15, 0.2) is 0 Å². The van der Waals surface area contributed by atoms with E-state index in [9.17, 15) is 0 Å². The quantitative estimate of drug-likeness (QED) is 0.760. The molecule has 0 saturated heterocycles. The Morgan fingerprint density at radius 3 is 2.77 bits per heavy atom. The molecule has 13 heavy (non-hydrogen) atoms. The molecule has 1 aromatic rings. The van der Waals surface area contributed by atoms with Gasteiger partial charge in [0.05, 0.1) is 5.69 Å². The molecule has 0 aliphatic heterocycles. The van der Waals surface area contributed by atoms with Crippen LogP contribution >= 0.6 is 0 Å². The zero-order chi connectivity index (χ0) is 9.84. The second kappa shape index (κ2) is 4.42. The van der Waals surface area contributed by atoms with Gasteiger partial charge in [0.1, 0.15) is 0 Å². The summed E-state index contributed by atoms with van der Waals surface area (Å²) in [5, 5.41) is 7.70. The van der Waals surface area contributed by atoms with Gasteiger partial charge in [0, 0.05) is 24.7 Å². The maximum atomic E-state index is 4.49. The number of likely N-dealkylation sites (N-methyl/N-ethyl adjacent to an activating group) is 1. The summed E-state index contributed by atoms with van der Waals surface area (Å²) in [6.45, 7) is 7.34. The van der Waals surface area contributed by atoms with Crippen molar-refractivity contribution in [1.29, 1.82) is 0 Å². The molecule has 0 spiro atoms. The molecule has 1 unspecified atom stereocenters. The van der Waals surface area contributed by atoms with Gasteiger partial charge in [0.25, 0.3) is 0 Å². The van der Waals surface area contributed by atoms with Crippen molar-refractivity contribution in [3.8, 4) is 0 Å². The van der Waals surface area contributed by atoms with Gasteiger partial charge in [-0.25, -0.2) is 0 Å². The molecule has 1 aromatic heterocycles. The first-order valence-corrected chi connectivity index (χ1v) is 4.88. The van der Waals surface area contributed by atoms with Crippen LogP contribution in [0.3, 0.4) is 0 Å². The number of nitrogens with zero attached hydrogens (tertiary/aromatic N) is 2. The highest BCUT2D eigenvalue weighted by Gasteiger charge is 2.05. The molecule has 3 nitrogen and oxygen atoms in total. The molecule has 1 atom stereocenters. The minimum Gasteiger partial charge on any atom is -0.317 e. The van der Waals surface area contributed by atoms with E-state index in [1.807, 2.05) is 11.7 Å². The minimum absolute atomic E-state index is 0.500. The van der Waals surface area contributed by atoms with Crippen LogP contribution in [0.25, 0.3) is 0 Å². The molecule has 0 radical (unpaired) electrons. The molecule has 0 saturated carbocycles. The van der Waals surface area contributed by atoms with Crippen LogP contribution in [0, 0.1) is 6.92 Å². The van der Waals surface area contributed by atoms with Crippen molar-refractivity contribution < 1.29 is 0 Å². The molecule has 74 valence electrons. The van der Waals surface area contributed by atoms with Crippen LogP contribution in [0.15, 0.2) is 6.07 Å². The molecule has 0 bridgehead atoms. The van der Waals surface area contributed by atoms with E-state index in [0.29, 0.717) is 6.04 Å². The van der Waals surface area contributed by atoms with Crippen LogP contribution in [0.1, 0.15) is 25.2 Å². The topological polar surface area (TPSA) is 29.9 Å². The lowest BCUT2D eigenvalue weighted by Crippen LogP contribution is -2.23. The highest BCUT2D eigenvalue weighted by molar-refractivity contribution is 5.09. The van der Waals surface area contributed by atoms with E-state index in [0.717, 1.165) is 13.0 Å². The number of rotatable bonds is 4. The molecule has 0 fully saturated rings. The Labute approximate surface area is 80.1 Å². The van der Waals surface area contributed by atoms with Crippen molar-refractivity contribution in [2.75, 3.05) is 7.05 Å². The Morgan fingerprint density at radius 1 is 1.62 bits per heavy atom. The number of aryl methyl sites for hydroxylation is 2. The average Bonchev–Trinajstić information content (AvgIpc) is 2.46. The number of hydrogen-bond acceptors (Lipinski definition) is 2. The third kappa shape index (κ3) is 2.56. The summed E-state index contributed by atoms with van der Waals surface area (Å²) in [6, 6.07) is 2.66. The fourth-order valence-corrected chi connectivity index (χ4v) is 1.41. The normalized spacial score (nSPS) is 13.2. The Morgan fingerprint density at radius 2 is 2.31 bits per heavy atom. The zero-order valence-corrected chi connectivity index (χ0v) is 8.96. The number of aromatic nitrogens is 2. The number of nitrogens with one attached hydrogen (secondary N) is 1. The van der Waals surface area contributed by atoms with Crippen LogP contribution in [0.4, 0.5) is 0 Å². The molecule has 0 aliphatic rings. The van der Waals surface area contributed by atoms with Gasteiger partial charge < -0.3 is 5.32 Å². The highest BCUT2D eigenvalue weighted by atomic mass is 15.3. The van der Waals surface area contributed by atoms with Gasteiger partial charge in [-0.15, -0.1) is 0 Å². The molecule has 3 heteroatoms. The summed E-state index contributed by atoms with van der Waals surface area (Å²) in [5.74, 6) is 0. The summed E-state index contributed by atoms with van der Waals surface area (Å²) in [5.41, 5.74) is 2.43. The van der Waals surface area contributed by atoms with Crippen LogP contribution in [0.2, 0.25) is 0 Å². The van der Waals surface area contributed by atoms with Crippen LogP contribution in [0.5, 0.6) is 0 Å². The van der Waals surface area contributed by atoms with Crippen molar-refractivity contribution in [2.45, 2.75) is 39.8 Å². The molecular formula is C10H19N3. The molecule has 1 rings (SSSR count). The first-order valence-electron chi connectivity index (χ1n) is 4.88. The fraction of sp³-hybridized carbons (Fsp3) is 0.700. The molecule has 1 heterocycles. The van der Waals surface area contributed by atoms with Crippen molar-refractivity contribution in [2.24, 2.45) is 0 Å². The molecule has 0 aromatic carbocycles. The minimum atomic E-state index is 0.500. The highest BCUT2D eigenvalue weighted by Crippen LogP contribution is 2.05. The van der Waals surface area contributed by atoms with E-state index in [1.165, 1.54) is 11.4 Å². The molecule has 0 amide bonds. The third-order valence-corrected chi connectivity index (χ3v) is 2.34. The second-order valence-electron chi connectivity index (χ2n) is 3.49. The fourth-order valence-electron chi connectivity index (χ4n) is 1.41. The van der Waals surface area contributed by atoms with Crippen molar-refractivity contribution in [1.82, 2.24) is 15.1 Å². The smallest absolute Gasteiger partial charge is 0.0642 e. The summed E-state index contributed by atoms with van der Waals surface area (Å²) in [6.07, 6.45) is 1.00. The maximum absolute atomic E-state index is 4.49. The van der Waals surface area contributed by atoms with Crippen LogP contribution in [-0.2, 0) is 13.0 Å². The van der Waals surface area contributed by atoms with E-state index in [1.54, 1.807) is 0 Å². The van der Waals surface area contributed by atoms with E-state index in [2.05, 4.69) is 37.3 Å². The Bertz CT molecular complexity index is 265. The molecular weight excluding hydrogens is 162 g/mol. The SMILES string of the molecule is CCn1nc(CC(C)NC)cc1C. The number of hydrogen-bond donors (Lipinski definition) is 1. The monoisotopic (exact) mass is 181 g/mol. The van der Waals surface area contributed by atoms with Crippen molar-refractivity contribution in [3.05, 3.63) is 17.5 Å². The van der Waals surface area contributed by atoms with E-state index in [4.69, 9.17) is 0 Å². The van der Waals surface area contributed by atoms with Gasteiger partial charge in [0.2, 0.25) is 0 Å². The zero-order valence-electron chi connectivity index (χ0n) is 8.96. The lowest BCUT2D eigenvalue weighted by molar-refractivity contribution is 0.578. The van der Waals surface area contributed by atoms with Gasteiger partial charge >= 0.3 is 0 Å². The third-order valence-electron chi connectivity index (χ3n) is 2.34. The Kier molecular flexibility index (Phi) is 3.48. The van der Waals surface area contributed by atoms with Gasteiger partial charge in [-0.3, -0.25) is 4.68 Å². The standard InChI is InChI=1S/C10H19N3/c1-5-13-9(3)7-10(12-13)6-8(2)11-4/h7-8,11H,5-6H2,1-4H3. The van der Waals surface area contributed by atoms with Crippen molar-refractivity contribution in [3.63, 3.8) is 0 Å². The van der Waals surface area contributed by atoms with Gasteiger partial charge in [-0.1, -0.05) is 0 Å². The van der Waals surface area contributed by atoms with E-state index >= 15 is 0 Å². The largest absolute Gasteiger partial charge is 0.317 e. The Balaban J connectivity index is 2.67. The summed E-state index contributed by atoms with van der Waals surface area (Å²) in [7, 11) is 1.98. The predicted octanol–water partition coefficient (Wildman–Crippen LogP) is 1.36. The summed E-state index contributed by atoms with van der Waals surface area (Å²) < 4.78 is 2.04. The predicted molar refractivity (Wildman–Crippen MR) is 54.9 cm³/mol. The van der Waals surface area contributed by atoms with Crippen LogP contribution in [-0.4, -0.2) is 22.9 Å². The summed E-state index contributed by atoms with van der Waals surface area (Å²) in [4.78, 5) is 0. The second-order valence-corrected chi connectivity index (χ2v) is 3.49. The van der Waals surface area contributed by atoms with Crippen LogP contribution < -0.4 is 5.32 Å². The Hall–Kier alpha value is -0.830. The van der Waals surface area contributed by atoms with E-state index < -0.39 is 0 Å². The first-order chi connectivity index (χ1) is 6.17. The lowest BCUT2D eigenvalue weighted by atomic mass is 10.2. The van der Waals surface area contributed by atoms with Gasteiger partial charge in [-0.05, 0) is 33.9 Å². The maximum Gasteiger partial charge on any atom is 0.0642 e. The van der Waals surface area contributed by atoms with Crippen molar-refractivity contribution >= 4 is 0 Å². The lowest BCUT2D eigenvalue weighted by Gasteiger charge is -2.06. The summed E-state index contributed by atoms with van der Waals surface area (Å²) >= 11 is 0.